The minimum Gasteiger partial charge on any atom is -0.469 e. The van der Waals surface area contributed by atoms with Crippen LogP contribution in [0.3, 0.4) is 0 Å². The molecule has 1 aliphatic rings. The summed E-state index contributed by atoms with van der Waals surface area (Å²) >= 11 is 0. The zero-order valence-corrected chi connectivity index (χ0v) is 14.0. The van der Waals surface area contributed by atoms with Gasteiger partial charge in [-0.1, -0.05) is 0 Å². The summed E-state index contributed by atoms with van der Waals surface area (Å²) in [7, 11) is -3.77. The summed E-state index contributed by atoms with van der Waals surface area (Å²) in [4.78, 5) is 3.94. The number of sulfonamides is 1. The first-order valence-electron chi connectivity index (χ1n) is 7.64. The smallest absolute Gasteiger partial charge is 0.259 e. The summed E-state index contributed by atoms with van der Waals surface area (Å²) in [6, 6.07) is 1.83. The molecule has 1 atom stereocenters. The third-order valence-corrected chi connectivity index (χ3v) is 5.53. The Balaban J connectivity index is 1.77. The topological polar surface area (TPSA) is 97.4 Å². The molecule has 0 aliphatic heterocycles. The maximum absolute atomic E-state index is 12.4. The van der Waals surface area contributed by atoms with Gasteiger partial charge in [-0.3, -0.25) is 0 Å². The van der Waals surface area contributed by atoms with Crippen molar-refractivity contribution in [2.24, 2.45) is 0 Å². The van der Waals surface area contributed by atoms with Crippen molar-refractivity contribution in [1.29, 1.82) is 0 Å². The van der Waals surface area contributed by atoms with E-state index in [1.54, 1.807) is 10.6 Å². The van der Waals surface area contributed by atoms with Gasteiger partial charge in [-0.25, -0.2) is 18.1 Å². The predicted molar refractivity (Wildman–Crippen MR) is 83.3 cm³/mol. The van der Waals surface area contributed by atoms with E-state index < -0.39 is 15.6 Å². The number of fused-ring (bicyclic) bond motifs is 1. The molecule has 0 spiro atoms. The molecule has 1 unspecified atom stereocenters. The summed E-state index contributed by atoms with van der Waals surface area (Å²) in [5, 5.41) is 10.8. The van der Waals surface area contributed by atoms with E-state index in [1.807, 2.05) is 13.8 Å². The molecule has 2 aromatic heterocycles. The fourth-order valence-electron chi connectivity index (χ4n) is 2.84. The number of rotatable bonds is 5. The van der Waals surface area contributed by atoms with E-state index in [9.17, 15) is 13.5 Å². The number of aromatic nitrogens is 2. The highest BCUT2D eigenvalue weighted by atomic mass is 32.2. The van der Waals surface area contributed by atoms with Crippen LogP contribution in [0.1, 0.15) is 44.1 Å². The third kappa shape index (κ3) is 3.06. The zero-order valence-electron chi connectivity index (χ0n) is 13.2. The Hall–Kier alpha value is -1.64. The van der Waals surface area contributed by atoms with Gasteiger partial charge in [-0.15, -0.1) is 0 Å². The molecule has 2 aromatic rings. The van der Waals surface area contributed by atoms with E-state index in [0.717, 1.165) is 18.6 Å². The first-order chi connectivity index (χ1) is 10.8. The quantitative estimate of drug-likeness (QED) is 0.861. The van der Waals surface area contributed by atoms with Crippen LogP contribution in [0, 0.1) is 0 Å². The average Bonchev–Trinajstić information content (AvgIpc) is 3.15. The molecule has 0 amide bonds. The van der Waals surface area contributed by atoms with Crippen LogP contribution in [-0.4, -0.2) is 29.6 Å². The summed E-state index contributed by atoms with van der Waals surface area (Å²) in [6.45, 7) is 3.78. The fourth-order valence-corrected chi connectivity index (χ4v) is 3.86. The van der Waals surface area contributed by atoms with Gasteiger partial charge in [0.15, 0.2) is 5.03 Å². The number of imidazole rings is 1. The molecule has 0 fully saturated rings. The number of nitrogens with one attached hydrogen (secondary N) is 1. The maximum Gasteiger partial charge on any atom is 0.259 e. The SMILES string of the molecule is CC(C)n1cnc(S(=O)(=O)NCC2(O)CCCc3occc32)c1. The van der Waals surface area contributed by atoms with E-state index in [2.05, 4.69) is 9.71 Å². The highest BCUT2D eigenvalue weighted by Gasteiger charge is 2.37. The summed E-state index contributed by atoms with van der Waals surface area (Å²) in [5.41, 5.74) is -0.576. The van der Waals surface area contributed by atoms with Crippen LogP contribution >= 0.6 is 0 Å². The molecule has 8 heteroatoms. The number of aliphatic hydroxyl groups is 1. The highest BCUT2D eigenvalue weighted by molar-refractivity contribution is 7.89. The van der Waals surface area contributed by atoms with Crippen molar-refractivity contribution in [3.05, 3.63) is 36.2 Å². The van der Waals surface area contributed by atoms with Crippen molar-refractivity contribution in [3.63, 3.8) is 0 Å². The number of hydrogen-bond acceptors (Lipinski definition) is 5. The molecule has 2 N–H and O–H groups in total. The Labute approximate surface area is 135 Å². The standard InChI is InChI=1S/C15H21N3O4S/c1-11(2)18-8-14(16-10-18)23(20,21)17-9-15(19)6-3-4-13-12(15)5-7-22-13/h5,7-8,10-11,17,19H,3-4,6,9H2,1-2H3. The van der Waals surface area contributed by atoms with Crippen molar-refractivity contribution < 1.29 is 17.9 Å². The van der Waals surface area contributed by atoms with Gasteiger partial charge in [0.05, 0.1) is 12.6 Å². The number of hydrogen-bond donors (Lipinski definition) is 2. The second kappa shape index (κ2) is 5.77. The van der Waals surface area contributed by atoms with E-state index in [-0.39, 0.29) is 17.6 Å². The van der Waals surface area contributed by atoms with E-state index in [1.165, 1.54) is 18.8 Å². The lowest BCUT2D eigenvalue weighted by Crippen LogP contribution is -2.42. The van der Waals surface area contributed by atoms with Gasteiger partial charge in [0.2, 0.25) is 0 Å². The Kier molecular flexibility index (Phi) is 4.07. The zero-order chi connectivity index (χ0) is 16.7. The number of aryl methyl sites for hydroxylation is 1. The second-order valence-electron chi connectivity index (χ2n) is 6.22. The summed E-state index contributed by atoms with van der Waals surface area (Å²) < 4.78 is 34.3. The normalized spacial score (nSPS) is 21.6. The molecule has 0 bridgehead atoms. The Morgan fingerprint density at radius 3 is 3.00 bits per heavy atom. The molecule has 0 saturated carbocycles. The van der Waals surface area contributed by atoms with Crippen LogP contribution in [0.25, 0.3) is 0 Å². The molecule has 2 heterocycles. The highest BCUT2D eigenvalue weighted by Crippen LogP contribution is 2.35. The monoisotopic (exact) mass is 339 g/mol. The maximum atomic E-state index is 12.4. The predicted octanol–water partition coefficient (Wildman–Crippen LogP) is 1.56. The van der Waals surface area contributed by atoms with Gasteiger partial charge in [-0.2, -0.15) is 0 Å². The van der Waals surface area contributed by atoms with Crippen LogP contribution < -0.4 is 4.72 Å². The molecule has 0 saturated heterocycles. The van der Waals surface area contributed by atoms with E-state index in [0.29, 0.717) is 12.0 Å². The fraction of sp³-hybridized carbons (Fsp3) is 0.533. The Bertz CT molecular complexity index is 793. The van der Waals surface area contributed by atoms with Gasteiger partial charge in [0, 0.05) is 30.8 Å². The number of nitrogens with zero attached hydrogens (tertiary/aromatic N) is 2. The molecular weight excluding hydrogens is 318 g/mol. The first-order valence-corrected chi connectivity index (χ1v) is 9.12. The summed E-state index contributed by atoms with van der Waals surface area (Å²) in [6.07, 6.45) is 6.50. The van der Waals surface area contributed by atoms with Crippen LogP contribution in [0.5, 0.6) is 0 Å². The molecular formula is C15H21N3O4S. The van der Waals surface area contributed by atoms with Crippen molar-refractivity contribution >= 4 is 10.0 Å². The van der Waals surface area contributed by atoms with Crippen molar-refractivity contribution in [2.75, 3.05) is 6.54 Å². The molecule has 7 nitrogen and oxygen atoms in total. The Morgan fingerprint density at radius 2 is 2.30 bits per heavy atom. The number of furan rings is 1. The molecule has 1 aliphatic carbocycles. The van der Waals surface area contributed by atoms with E-state index >= 15 is 0 Å². The largest absolute Gasteiger partial charge is 0.469 e. The van der Waals surface area contributed by atoms with Crippen LogP contribution in [0.15, 0.2) is 34.3 Å². The second-order valence-corrected chi connectivity index (χ2v) is 7.93. The van der Waals surface area contributed by atoms with Gasteiger partial charge in [-0.05, 0) is 32.8 Å². The molecule has 126 valence electrons. The van der Waals surface area contributed by atoms with Gasteiger partial charge in [0.1, 0.15) is 11.4 Å². The van der Waals surface area contributed by atoms with Crippen molar-refractivity contribution in [2.45, 2.75) is 49.8 Å². The van der Waals surface area contributed by atoms with Gasteiger partial charge < -0.3 is 14.1 Å². The van der Waals surface area contributed by atoms with E-state index in [4.69, 9.17) is 4.42 Å². The van der Waals surface area contributed by atoms with Crippen LogP contribution in [-0.2, 0) is 22.0 Å². The van der Waals surface area contributed by atoms with Crippen LogP contribution in [0.4, 0.5) is 0 Å². The molecule has 0 radical (unpaired) electrons. The van der Waals surface area contributed by atoms with Crippen molar-refractivity contribution in [3.8, 4) is 0 Å². The Morgan fingerprint density at radius 1 is 1.52 bits per heavy atom. The first kappa shape index (κ1) is 16.2. The van der Waals surface area contributed by atoms with Gasteiger partial charge in [0.25, 0.3) is 10.0 Å². The lowest BCUT2D eigenvalue weighted by Gasteiger charge is -2.31. The summed E-state index contributed by atoms with van der Waals surface area (Å²) in [5.74, 6) is 0.724. The van der Waals surface area contributed by atoms with Gasteiger partial charge >= 0.3 is 0 Å². The third-order valence-electron chi connectivity index (χ3n) is 4.25. The lowest BCUT2D eigenvalue weighted by molar-refractivity contribution is 0.0221. The lowest BCUT2D eigenvalue weighted by atomic mass is 9.83. The molecule has 23 heavy (non-hydrogen) atoms. The average molecular weight is 339 g/mol. The minimum absolute atomic E-state index is 0.0435. The van der Waals surface area contributed by atoms with Crippen molar-refractivity contribution in [1.82, 2.24) is 14.3 Å². The van der Waals surface area contributed by atoms with Crippen LogP contribution in [0.2, 0.25) is 0 Å². The molecule has 3 rings (SSSR count). The minimum atomic E-state index is -3.77. The molecule has 0 aromatic carbocycles.